The van der Waals surface area contributed by atoms with Crippen LogP contribution in [0.1, 0.15) is 0 Å². The van der Waals surface area contributed by atoms with Crippen LogP contribution >= 0.6 is 33.2 Å². The maximum Gasteiger partial charge on any atom is 0.286 e. The summed E-state index contributed by atoms with van der Waals surface area (Å²) in [4.78, 5) is 0. The first-order valence-electron chi connectivity index (χ1n) is 2.91. The molecule has 0 fully saturated rings. The minimum atomic E-state index is -2.55. The molecule has 0 aliphatic rings. The van der Waals surface area contributed by atoms with Crippen LogP contribution in [0, 0.1) is 0 Å². The van der Waals surface area contributed by atoms with E-state index in [1.54, 1.807) is 17.1 Å². The Kier molecular flexibility index (Phi) is 4.15. The van der Waals surface area contributed by atoms with Crippen molar-refractivity contribution in [1.29, 1.82) is 0 Å². The Bertz CT molecular complexity index is 180. The van der Waals surface area contributed by atoms with Crippen molar-refractivity contribution in [3.8, 4) is 0 Å². The highest BCUT2D eigenvalue weighted by atomic mass is 35.7. The van der Waals surface area contributed by atoms with Gasteiger partial charge in [-0.05, 0) is 0 Å². The zero-order valence-corrected chi connectivity index (χ0v) is 10.3. The summed E-state index contributed by atoms with van der Waals surface area (Å²) in [6.45, 7) is 8.36. The van der Waals surface area contributed by atoms with Gasteiger partial charge in [0.2, 0.25) is 6.90 Å². The molecular formula is C6H9Cl3Si2. The molecule has 0 saturated carbocycles. The first kappa shape index (κ1) is 11.5. The molecule has 5 heteroatoms. The highest BCUT2D eigenvalue weighted by molar-refractivity contribution is 7.87. The number of hydrogen-bond donors (Lipinski definition) is 0. The maximum absolute atomic E-state index is 6.13. The van der Waals surface area contributed by atoms with Crippen LogP contribution in [-0.4, -0.2) is 13.1 Å². The van der Waals surface area contributed by atoms with E-state index in [1.165, 1.54) is 0 Å². The Morgan fingerprint density at radius 1 is 0.818 bits per heavy atom. The molecule has 0 spiro atoms. The SMILES string of the molecule is C=C[Si](Cl)(Cl)[Si](Cl)(C=C)C=C. The van der Waals surface area contributed by atoms with Crippen LogP contribution in [0.4, 0.5) is 0 Å². The van der Waals surface area contributed by atoms with Gasteiger partial charge >= 0.3 is 0 Å². The summed E-state index contributed by atoms with van der Waals surface area (Å²) in [5, 5.41) is 0. The van der Waals surface area contributed by atoms with Gasteiger partial charge in [-0.1, -0.05) is 17.1 Å². The molecule has 0 heterocycles. The van der Waals surface area contributed by atoms with E-state index < -0.39 is 13.1 Å². The fourth-order valence-corrected chi connectivity index (χ4v) is 7.58. The van der Waals surface area contributed by atoms with E-state index in [0.717, 1.165) is 0 Å². The normalized spacial score (nSPS) is 12.3. The van der Waals surface area contributed by atoms with Crippen LogP contribution in [0.15, 0.2) is 36.8 Å². The molecule has 0 unspecified atom stereocenters. The minimum Gasteiger partial charge on any atom is -0.156 e. The fraction of sp³-hybridized carbons (Fsp3) is 0. The Hall–Kier alpha value is 0.524. The minimum absolute atomic E-state index is 1.54. The molecule has 0 N–H and O–H groups in total. The lowest BCUT2D eigenvalue weighted by atomic mass is 11.2. The Labute approximate surface area is 83.1 Å². The third-order valence-electron chi connectivity index (χ3n) is 1.36. The second-order valence-electron chi connectivity index (χ2n) is 2.00. The Balaban J connectivity index is 4.89. The molecule has 0 atom stereocenters. The number of halogens is 3. The molecule has 11 heavy (non-hydrogen) atoms. The summed E-state index contributed by atoms with van der Waals surface area (Å²) in [7, 11) is 0. The molecule has 0 nitrogen and oxygen atoms in total. The fourth-order valence-electron chi connectivity index (χ4n) is 0.512. The molecule has 0 aliphatic heterocycles. The van der Waals surface area contributed by atoms with Crippen molar-refractivity contribution in [2.75, 3.05) is 0 Å². The second kappa shape index (κ2) is 3.96. The highest BCUT2D eigenvalue weighted by Crippen LogP contribution is 2.32. The van der Waals surface area contributed by atoms with Gasteiger partial charge in [0.05, 0.1) is 0 Å². The van der Waals surface area contributed by atoms with E-state index in [4.69, 9.17) is 33.2 Å². The summed E-state index contributed by atoms with van der Waals surface area (Å²) in [5.74, 6) is 0. The van der Waals surface area contributed by atoms with Crippen LogP contribution in [0.5, 0.6) is 0 Å². The average molecular weight is 244 g/mol. The predicted molar refractivity (Wildman–Crippen MR) is 59.7 cm³/mol. The van der Waals surface area contributed by atoms with Crippen molar-refractivity contribution in [2.24, 2.45) is 0 Å². The number of rotatable bonds is 4. The van der Waals surface area contributed by atoms with E-state index in [1.807, 2.05) is 0 Å². The average Bonchev–Trinajstić information content (AvgIpc) is 2.02. The largest absolute Gasteiger partial charge is 0.286 e. The first-order chi connectivity index (χ1) is 4.93. The molecule has 0 amide bonds. The lowest BCUT2D eigenvalue weighted by Gasteiger charge is -2.24. The van der Waals surface area contributed by atoms with E-state index in [2.05, 4.69) is 19.7 Å². The van der Waals surface area contributed by atoms with Gasteiger partial charge in [0.25, 0.3) is 6.21 Å². The summed E-state index contributed by atoms with van der Waals surface area (Å²) in [6, 6.07) is 0. The van der Waals surface area contributed by atoms with Crippen molar-refractivity contribution in [1.82, 2.24) is 0 Å². The van der Waals surface area contributed by atoms with E-state index >= 15 is 0 Å². The van der Waals surface area contributed by atoms with Gasteiger partial charge in [-0.2, -0.15) is 11.1 Å². The topological polar surface area (TPSA) is 0 Å². The van der Waals surface area contributed by atoms with E-state index in [0.29, 0.717) is 0 Å². The van der Waals surface area contributed by atoms with Gasteiger partial charge in [-0.3, -0.25) is 0 Å². The molecule has 62 valence electrons. The Morgan fingerprint density at radius 2 is 1.18 bits per heavy atom. The van der Waals surface area contributed by atoms with Gasteiger partial charge in [0.1, 0.15) is 0 Å². The number of hydrogen-bond acceptors (Lipinski definition) is 0. The molecule has 0 radical (unpaired) electrons. The molecule has 0 aliphatic carbocycles. The molecule has 0 aromatic heterocycles. The molecule has 0 aromatic carbocycles. The van der Waals surface area contributed by atoms with Crippen molar-refractivity contribution < 1.29 is 0 Å². The van der Waals surface area contributed by atoms with Gasteiger partial charge in [0.15, 0.2) is 0 Å². The second-order valence-corrected chi connectivity index (χ2v) is 19.7. The quantitative estimate of drug-likeness (QED) is 0.525. The monoisotopic (exact) mass is 242 g/mol. The third kappa shape index (κ3) is 2.23. The molecule has 0 saturated heterocycles. The summed E-state index contributed by atoms with van der Waals surface area (Å²) >= 11 is 18.1. The molecule has 0 bridgehead atoms. The van der Waals surface area contributed by atoms with Crippen LogP contribution < -0.4 is 0 Å². The van der Waals surface area contributed by atoms with Crippen molar-refractivity contribution in [3.63, 3.8) is 0 Å². The third-order valence-corrected chi connectivity index (χ3v) is 20.9. The van der Waals surface area contributed by atoms with Gasteiger partial charge in [-0.25, -0.2) is 0 Å². The van der Waals surface area contributed by atoms with Crippen LogP contribution in [0.3, 0.4) is 0 Å². The zero-order chi connectivity index (χ0) is 9.12. The smallest absolute Gasteiger partial charge is 0.156 e. The molecule has 0 aromatic rings. The standard InChI is InChI=1S/C6H9Cl3Si2/c1-4-10(7,5-2)11(8,9)6-3/h4-6H,1-3H2. The van der Waals surface area contributed by atoms with Crippen molar-refractivity contribution in [2.45, 2.75) is 0 Å². The van der Waals surface area contributed by atoms with Gasteiger partial charge in [0, 0.05) is 0 Å². The highest BCUT2D eigenvalue weighted by Gasteiger charge is 2.47. The van der Waals surface area contributed by atoms with Crippen molar-refractivity contribution >= 4 is 46.3 Å². The first-order valence-corrected chi connectivity index (χ1v) is 11.2. The lowest BCUT2D eigenvalue weighted by molar-refractivity contribution is 2.31. The summed E-state index contributed by atoms with van der Waals surface area (Å²) < 4.78 is 0. The Morgan fingerprint density at radius 3 is 1.27 bits per heavy atom. The van der Waals surface area contributed by atoms with E-state index in [-0.39, 0.29) is 0 Å². The van der Waals surface area contributed by atoms with Gasteiger partial charge in [-0.15, -0.1) is 41.9 Å². The predicted octanol–water partition coefficient (Wildman–Crippen LogP) is 3.34. The van der Waals surface area contributed by atoms with Crippen LogP contribution in [0.2, 0.25) is 0 Å². The lowest BCUT2D eigenvalue weighted by Crippen LogP contribution is -2.47. The summed E-state index contributed by atoms with van der Waals surface area (Å²) in [6.07, 6.45) is -2.55. The molecular weight excluding hydrogens is 235 g/mol. The summed E-state index contributed by atoms with van der Waals surface area (Å²) in [5.41, 5.74) is 4.78. The zero-order valence-electron chi connectivity index (χ0n) is 5.99. The maximum atomic E-state index is 6.13. The van der Waals surface area contributed by atoms with Crippen molar-refractivity contribution in [3.05, 3.63) is 36.8 Å². The van der Waals surface area contributed by atoms with Crippen LogP contribution in [-0.2, 0) is 0 Å². The van der Waals surface area contributed by atoms with Crippen LogP contribution in [0.25, 0.3) is 0 Å². The molecule has 0 rings (SSSR count). The van der Waals surface area contributed by atoms with Gasteiger partial charge < -0.3 is 0 Å². The van der Waals surface area contributed by atoms with E-state index in [9.17, 15) is 0 Å².